The molecular formula is C13H17NO2. The normalized spacial score (nSPS) is 18.6. The molecule has 1 aromatic rings. The number of aliphatic carboxylic acids is 1. The quantitative estimate of drug-likeness (QED) is 0.849. The van der Waals surface area contributed by atoms with Gasteiger partial charge in [-0.25, -0.2) is 0 Å². The largest absolute Gasteiger partial charge is 0.481 e. The minimum Gasteiger partial charge on any atom is -0.481 e. The van der Waals surface area contributed by atoms with Crippen molar-refractivity contribution in [3.8, 4) is 0 Å². The van der Waals surface area contributed by atoms with Gasteiger partial charge in [-0.3, -0.25) is 9.78 Å². The molecule has 1 aromatic heterocycles. The number of carboxylic acids is 1. The minimum atomic E-state index is -0.721. The summed E-state index contributed by atoms with van der Waals surface area (Å²) in [6.07, 6.45) is 6.17. The van der Waals surface area contributed by atoms with Crippen LogP contribution in [-0.2, 0) is 16.6 Å². The lowest BCUT2D eigenvalue weighted by atomic mass is 9.82. The molecule has 1 aliphatic carbocycles. The summed E-state index contributed by atoms with van der Waals surface area (Å²) in [5, 5.41) is 9.40. The maximum Gasteiger partial charge on any atom is 0.315 e. The van der Waals surface area contributed by atoms with E-state index in [0.717, 1.165) is 43.4 Å². The van der Waals surface area contributed by atoms with Crippen molar-refractivity contribution in [3.63, 3.8) is 0 Å². The van der Waals surface area contributed by atoms with Crippen molar-refractivity contribution < 1.29 is 9.90 Å². The molecule has 0 bridgehead atoms. The van der Waals surface area contributed by atoms with Crippen molar-refractivity contribution in [2.24, 2.45) is 0 Å². The Labute approximate surface area is 95.5 Å². The minimum absolute atomic E-state index is 0.716. The van der Waals surface area contributed by atoms with Crippen molar-refractivity contribution in [3.05, 3.63) is 29.6 Å². The van der Waals surface area contributed by atoms with Crippen molar-refractivity contribution in [1.29, 1.82) is 0 Å². The highest BCUT2D eigenvalue weighted by molar-refractivity contribution is 5.81. The summed E-state index contributed by atoms with van der Waals surface area (Å²) < 4.78 is 0. The molecule has 0 aliphatic heterocycles. The highest BCUT2D eigenvalue weighted by Gasteiger charge is 2.44. The van der Waals surface area contributed by atoms with Crippen LogP contribution in [0.3, 0.4) is 0 Å². The van der Waals surface area contributed by atoms with Gasteiger partial charge >= 0.3 is 5.97 Å². The first kappa shape index (κ1) is 11.1. The van der Waals surface area contributed by atoms with Crippen LogP contribution in [0, 0.1) is 0 Å². The van der Waals surface area contributed by atoms with Crippen LogP contribution >= 0.6 is 0 Å². The molecule has 86 valence electrons. The van der Waals surface area contributed by atoms with Crippen LogP contribution in [-0.4, -0.2) is 16.1 Å². The second-order valence-corrected chi connectivity index (χ2v) is 4.50. The van der Waals surface area contributed by atoms with Gasteiger partial charge in [0.2, 0.25) is 0 Å². The highest BCUT2D eigenvalue weighted by atomic mass is 16.4. The Morgan fingerprint density at radius 3 is 2.56 bits per heavy atom. The second-order valence-electron chi connectivity index (χ2n) is 4.50. The summed E-state index contributed by atoms with van der Waals surface area (Å²) in [6, 6.07) is 3.88. The molecule has 1 N–H and O–H groups in total. The second kappa shape index (κ2) is 4.24. The van der Waals surface area contributed by atoms with Crippen LogP contribution in [0.1, 0.15) is 43.9 Å². The lowest BCUT2D eigenvalue weighted by molar-refractivity contribution is -0.143. The summed E-state index contributed by atoms with van der Waals surface area (Å²) in [4.78, 5) is 15.8. The van der Waals surface area contributed by atoms with Gasteiger partial charge in [-0.15, -0.1) is 0 Å². The molecule has 0 amide bonds. The maximum absolute atomic E-state index is 11.4. The Bertz CT molecular complexity index is 377. The highest BCUT2D eigenvalue weighted by Crippen LogP contribution is 2.40. The predicted molar refractivity (Wildman–Crippen MR) is 61.4 cm³/mol. The first-order chi connectivity index (χ1) is 7.69. The molecule has 0 aromatic carbocycles. The van der Waals surface area contributed by atoms with Crippen molar-refractivity contribution in [2.75, 3.05) is 0 Å². The predicted octanol–water partition coefficient (Wildman–Crippen LogP) is 2.54. The molecule has 1 heterocycles. The van der Waals surface area contributed by atoms with Gasteiger partial charge in [0.1, 0.15) is 5.41 Å². The van der Waals surface area contributed by atoms with E-state index in [1.165, 1.54) is 0 Å². The smallest absolute Gasteiger partial charge is 0.315 e. The maximum atomic E-state index is 11.4. The Kier molecular flexibility index (Phi) is 2.95. The summed E-state index contributed by atoms with van der Waals surface area (Å²) >= 11 is 0. The Morgan fingerprint density at radius 2 is 2.12 bits per heavy atom. The van der Waals surface area contributed by atoms with Crippen molar-refractivity contribution in [2.45, 2.75) is 44.4 Å². The van der Waals surface area contributed by atoms with Crippen LogP contribution in [0.15, 0.2) is 18.3 Å². The Morgan fingerprint density at radius 1 is 1.44 bits per heavy atom. The van der Waals surface area contributed by atoms with Crippen LogP contribution in [0.25, 0.3) is 0 Å². The third-order valence-electron chi connectivity index (χ3n) is 3.59. The molecule has 1 saturated carbocycles. The third kappa shape index (κ3) is 1.70. The van der Waals surface area contributed by atoms with Crippen LogP contribution in [0.5, 0.6) is 0 Å². The summed E-state index contributed by atoms with van der Waals surface area (Å²) in [5.74, 6) is -0.721. The fraction of sp³-hybridized carbons (Fsp3) is 0.538. The van der Waals surface area contributed by atoms with Gasteiger partial charge in [0, 0.05) is 6.20 Å². The number of carboxylic acid groups (broad SMARTS) is 1. The molecule has 1 aliphatic rings. The molecule has 0 unspecified atom stereocenters. The van der Waals surface area contributed by atoms with Crippen LogP contribution in [0.4, 0.5) is 0 Å². The van der Waals surface area contributed by atoms with Gasteiger partial charge in [0.25, 0.3) is 0 Å². The number of aromatic nitrogens is 1. The first-order valence-electron chi connectivity index (χ1n) is 5.88. The molecule has 3 heteroatoms. The zero-order valence-electron chi connectivity index (χ0n) is 9.57. The van der Waals surface area contributed by atoms with E-state index in [9.17, 15) is 9.90 Å². The molecular weight excluding hydrogens is 202 g/mol. The molecule has 0 spiro atoms. The molecule has 3 nitrogen and oxygen atoms in total. The van der Waals surface area contributed by atoms with Gasteiger partial charge < -0.3 is 5.11 Å². The number of carbonyl (C=O) groups is 1. The number of nitrogens with zero attached hydrogens (tertiary/aromatic N) is 1. The van der Waals surface area contributed by atoms with E-state index in [1.54, 1.807) is 6.20 Å². The average molecular weight is 219 g/mol. The van der Waals surface area contributed by atoms with Gasteiger partial charge in [-0.05, 0) is 30.9 Å². The number of rotatable bonds is 3. The topological polar surface area (TPSA) is 50.2 Å². The fourth-order valence-electron chi connectivity index (χ4n) is 2.47. The summed E-state index contributed by atoms with van der Waals surface area (Å²) in [7, 11) is 0. The van der Waals surface area contributed by atoms with E-state index in [4.69, 9.17) is 0 Å². The number of aryl methyl sites for hydroxylation is 1. The van der Waals surface area contributed by atoms with E-state index >= 15 is 0 Å². The van der Waals surface area contributed by atoms with E-state index in [2.05, 4.69) is 11.9 Å². The van der Waals surface area contributed by atoms with E-state index < -0.39 is 11.4 Å². The average Bonchev–Trinajstić information content (AvgIpc) is 2.79. The van der Waals surface area contributed by atoms with E-state index in [0.29, 0.717) is 0 Å². The van der Waals surface area contributed by atoms with Gasteiger partial charge in [-0.1, -0.05) is 25.8 Å². The van der Waals surface area contributed by atoms with Gasteiger partial charge in [0.15, 0.2) is 0 Å². The summed E-state index contributed by atoms with van der Waals surface area (Å²) in [5.41, 5.74) is 1.17. The van der Waals surface area contributed by atoms with Crippen LogP contribution in [0.2, 0.25) is 0 Å². The molecule has 0 radical (unpaired) electrons. The van der Waals surface area contributed by atoms with E-state index in [1.807, 2.05) is 12.1 Å². The number of pyridine rings is 1. The molecule has 1 fully saturated rings. The third-order valence-corrected chi connectivity index (χ3v) is 3.59. The van der Waals surface area contributed by atoms with E-state index in [-0.39, 0.29) is 0 Å². The lowest BCUT2D eigenvalue weighted by Gasteiger charge is -2.23. The molecule has 16 heavy (non-hydrogen) atoms. The van der Waals surface area contributed by atoms with Crippen molar-refractivity contribution in [1.82, 2.24) is 4.98 Å². The molecule has 0 saturated heterocycles. The Balaban J connectivity index is 2.36. The molecule has 0 atom stereocenters. The molecule has 2 rings (SSSR count). The number of hydrogen-bond acceptors (Lipinski definition) is 2. The summed E-state index contributed by atoms with van der Waals surface area (Å²) in [6.45, 7) is 2.07. The SMILES string of the molecule is CCc1ccc(C2(C(=O)O)CCCC2)nc1. The number of hydrogen-bond donors (Lipinski definition) is 1. The van der Waals surface area contributed by atoms with Crippen LogP contribution < -0.4 is 0 Å². The fourth-order valence-corrected chi connectivity index (χ4v) is 2.47. The zero-order valence-corrected chi connectivity index (χ0v) is 9.57. The Hall–Kier alpha value is -1.38. The zero-order chi connectivity index (χ0) is 11.6. The van der Waals surface area contributed by atoms with Crippen molar-refractivity contribution >= 4 is 5.97 Å². The van der Waals surface area contributed by atoms with Gasteiger partial charge in [-0.2, -0.15) is 0 Å². The first-order valence-corrected chi connectivity index (χ1v) is 5.88. The standard InChI is InChI=1S/C13H17NO2/c1-2-10-5-6-11(14-9-10)13(12(15)16)7-3-4-8-13/h5-6,9H,2-4,7-8H2,1H3,(H,15,16). The lowest BCUT2D eigenvalue weighted by Crippen LogP contribution is -2.33. The monoisotopic (exact) mass is 219 g/mol. The van der Waals surface area contributed by atoms with Gasteiger partial charge in [0.05, 0.1) is 5.69 Å².